The number of nitrogens with zero attached hydrogens (tertiary/aromatic N) is 2. The lowest BCUT2D eigenvalue weighted by Crippen LogP contribution is -2.39. The van der Waals surface area contributed by atoms with Crippen molar-refractivity contribution in [2.24, 2.45) is 0 Å². The van der Waals surface area contributed by atoms with Gasteiger partial charge in [0.05, 0.1) is 5.69 Å². The molecule has 2 heterocycles. The molecular formula is C26H29N3O. The molecule has 2 aliphatic rings. The van der Waals surface area contributed by atoms with E-state index >= 15 is 0 Å². The maximum Gasteiger partial charge on any atom is 0.143 e. The van der Waals surface area contributed by atoms with Crippen LogP contribution in [0, 0.1) is 0 Å². The summed E-state index contributed by atoms with van der Waals surface area (Å²) in [7, 11) is 0. The van der Waals surface area contributed by atoms with Crippen LogP contribution in [0.4, 0.5) is 17.1 Å². The van der Waals surface area contributed by atoms with Gasteiger partial charge in [-0.3, -0.25) is 4.90 Å². The zero-order chi connectivity index (χ0) is 20.3. The van der Waals surface area contributed by atoms with Crippen LogP contribution in [0.2, 0.25) is 0 Å². The van der Waals surface area contributed by atoms with Crippen LogP contribution in [0.25, 0.3) is 0 Å². The Morgan fingerprint density at radius 2 is 1.77 bits per heavy atom. The number of para-hydroxylation sites is 3. The quantitative estimate of drug-likeness (QED) is 0.613. The summed E-state index contributed by atoms with van der Waals surface area (Å²) < 4.78 is 6.15. The lowest BCUT2D eigenvalue weighted by Gasteiger charge is -2.32. The van der Waals surface area contributed by atoms with Crippen LogP contribution in [0.1, 0.15) is 24.0 Å². The highest BCUT2D eigenvalue weighted by molar-refractivity contribution is 5.72. The second-order valence-corrected chi connectivity index (χ2v) is 8.32. The van der Waals surface area contributed by atoms with E-state index in [1.807, 2.05) is 6.07 Å². The van der Waals surface area contributed by atoms with E-state index in [4.69, 9.17) is 10.5 Å². The maximum atomic E-state index is 6.15. The molecule has 0 aromatic heterocycles. The van der Waals surface area contributed by atoms with Crippen molar-refractivity contribution < 1.29 is 4.74 Å². The standard InChI is InChI=1S/C26H29N3O/c27-22-9-5-7-20(17-22)14-16-28-15-6-10-23(28)18-29-24-11-2-1-8-21(24)19-30-26-13-4-3-12-25(26)29/h1-5,7-9,11-13,17,23H,6,10,14-16,18-19,27H2. The van der Waals surface area contributed by atoms with Crippen LogP contribution in [0.3, 0.4) is 0 Å². The molecule has 3 aromatic carbocycles. The lowest BCUT2D eigenvalue weighted by molar-refractivity contribution is 0.261. The molecular weight excluding hydrogens is 370 g/mol. The molecule has 4 nitrogen and oxygen atoms in total. The topological polar surface area (TPSA) is 41.7 Å². The molecule has 1 atom stereocenters. The van der Waals surface area contributed by atoms with Gasteiger partial charge in [0.15, 0.2) is 0 Å². The predicted molar refractivity (Wildman–Crippen MR) is 123 cm³/mol. The lowest BCUT2D eigenvalue weighted by atomic mass is 10.1. The van der Waals surface area contributed by atoms with Crippen molar-refractivity contribution in [2.75, 3.05) is 30.3 Å². The Hall–Kier alpha value is -2.98. The first-order valence-electron chi connectivity index (χ1n) is 10.9. The third-order valence-corrected chi connectivity index (χ3v) is 6.35. The van der Waals surface area contributed by atoms with Gasteiger partial charge in [0, 0.05) is 36.1 Å². The first-order chi connectivity index (χ1) is 14.8. The zero-order valence-electron chi connectivity index (χ0n) is 17.3. The van der Waals surface area contributed by atoms with Crippen LogP contribution >= 0.6 is 0 Å². The highest BCUT2D eigenvalue weighted by atomic mass is 16.5. The van der Waals surface area contributed by atoms with Crippen molar-refractivity contribution in [2.45, 2.75) is 31.9 Å². The van der Waals surface area contributed by atoms with Gasteiger partial charge >= 0.3 is 0 Å². The maximum absolute atomic E-state index is 6.15. The summed E-state index contributed by atoms with van der Waals surface area (Å²) in [5.74, 6) is 0.970. The predicted octanol–water partition coefficient (Wildman–Crippen LogP) is 5.01. The molecule has 1 saturated heterocycles. The minimum absolute atomic E-state index is 0.533. The molecule has 2 N–H and O–H groups in total. The van der Waals surface area contributed by atoms with Gasteiger partial charge in [-0.25, -0.2) is 0 Å². The third kappa shape index (κ3) is 3.88. The van der Waals surface area contributed by atoms with Gasteiger partial charge in [-0.05, 0) is 61.7 Å². The van der Waals surface area contributed by atoms with E-state index in [-0.39, 0.29) is 0 Å². The van der Waals surface area contributed by atoms with Crippen molar-refractivity contribution in [1.82, 2.24) is 4.90 Å². The fraction of sp³-hybridized carbons (Fsp3) is 0.308. The molecule has 0 amide bonds. The Morgan fingerprint density at radius 3 is 2.67 bits per heavy atom. The SMILES string of the molecule is Nc1cccc(CCN2CCCC2CN2c3ccccc3COc3ccccc32)c1. The average Bonchev–Trinajstić information content (AvgIpc) is 3.15. The van der Waals surface area contributed by atoms with Gasteiger partial charge < -0.3 is 15.4 Å². The number of hydrogen-bond donors (Lipinski definition) is 1. The van der Waals surface area contributed by atoms with Crippen LogP contribution in [0.15, 0.2) is 72.8 Å². The van der Waals surface area contributed by atoms with Gasteiger partial charge in [0.25, 0.3) is 0 Å². The van der Waals surface area contributed by atoms with E-state index in [0.29, 0.717) is 12.6 Å². The van der Waals surface area contributed by atoms with Crippen LogP contribution in [-0.2, 0) is 13.0 Å². The van der Waals surface area contributed by atoms with Crippen LogP contribution in [0.5, 0.6) is 5.75 Å². The number of nitrogen functional groups attached to an aromatic ring is 1. The first kappa shape index (κ1) is 19.0. The Kier molecular flexibility index (Phi) is 5.33. The fourth-order valence-electron chi connectivity index (χ4n) is 4.81. The normalized spacial score (nSPS) is 18.4. The van der Waals surface area contributed by atoms with Crippen molar-refractivity contribution in [3.63, 3.8) is 0 Å². The zero-order valence-corrected chi connectivity index (χ0v) is 17.3. The summed E-state index contributed by atoms with van der Waals surface area (Å²) in [5.41, 5.74) is 11.8. The third-order valence-electron chi connectivity index (χ3n) is 6.35. The first-order valence-corrected chi connectivity index (χ1v) is 10.9. The van der Waals surface area contributed by atoms with Gasteiger partial charge in [0.2, 0.25) is 0 Å². The molecule has 0 bridgehead atoms. The molecule has 0 saturated carbocycles. The Balaban J connectivity index is 1.38. The summed E-state index contributed by atoms with van der Waals surface area (Å²) in [6, 6.07) is 25.9. The number of anilines is 3. The summed E-state index contributed by atoms with van der Waals surface area (Å²) in [5, 5.41) is 0. The van der Waals surface area contributed by atoms with Crippen LogP contribution in [-0.4, -0.2) is 30.6 Å². The summed E-state index contributed by atoms with van der Waals surface area (Å²) in [6.45, 7) is 3.84. The second-order valence-electron chi connectivity index (χ2n) is 8.32. The van der Waals surface area contributed by atoms with E-state index in [1.165, 1.54) is 41.9 Å². The summed E-state index contributed by atoms with van der Waals surface area (Å²) in [6.07, 6.45) is 3.53. The molecule has 1 unspecified atom stereocenters. The molecule has 0 aliphatic carbocycles. The molecule has 30 heavy (non-hydrogen) atoms. The average molecular weight is 400 g/mol. The molecule has 5 rings (SSSR count). The van der Waals surface area contributed by atoms with E-state index < -0.39 is 0 Å². The van der Waals surface area contributed by atoms with E-state index in [2.05, 4.69) is 76.5 Å². The van der Waals surface area contributed by atoms with E-state index in [9.17, 15) is 0 Å². The summed E-state index contributed by atoms with van der Waals surface area (Å²) >= 11 is 0. The molecule has 3 aromatic rings. The molecule has 0 radical (unpaired) electrons. The molecule has 0 spiro atoms. The molecule has 4 heteroatoms. The number of hydrogen-bond acceptors (Lipinski definition) is 4. The number of benzene rings is 3. The second kappa shape index (κ2) is 8.41. The minimum atomic E-state index is 0.533. The molecule has 154 valence electrons. The van der Waals surface area contributed by atoms with Crippen molar-refractivity contribution in [3.05, 3.63) is 83.9 Å². The Labute approximate surface area is 178 Å². The van der Waals surface area contributed by atoms with Gasteiger partial charge in [-0.1, -0.05) is 42.5 Å². The Bertz CT molecular complexity index is 971. The molecule has 2 aliphatic heterocycles. The Morgan fingerprint density at radius 1 is 0.933 bits per heavy atom. The fourth-order valence-corrected chi connectivity index (χ4v) is 4.81. The van der Waals surface area contributed by atoms with Crippen molar-refractivity contribution >= 4 is 17.1 Å². The van der Waals surface area contributed by atoms with E-state index in [0.717, 1.165) is 30.9 Å². The minimum Gasteiger partial charge on any atom is -0.487 e. The van der Waals surface area contributed by atoms with Crippen molar-refractivity contribution in [3.8, 4) is 5.75 Å². The smallest absolute Gasteiger partial charge is 0.143 e. The number of nitrogens with two attached hydrogens (primary N) is 1. The summed E-state index contributed by atoms with van der Waals surface area (Å²) in [4.78, 5) is 5.13. The number of rotatable bonds is 5. The van der Waals surface area contributed by atoms with E-state index in [1.54, 1.807) is 0 Å². The monoisotopic (exact) mass is 399 g/mol. The van der Waals surface area contributed by atoms with Crippen LogP contribution < -0.4 is 15.4 Å². The number of likely N-dealkylation sites (tertiary alicyclic amines) is 1. The largest absolute Gasteiger partial charge is 0.487 e. The number of ether oxygens (including phenoxy) is 1. The highest BCUT2D eigenvalue weighted by Gasteiger charge is 2.29. The van der Waals surface area contributed by atoms with Gasteiger partial charge in [-0.15, -0.1) is 0 Å². The molecule has 1 fully saturated rings. The highest BCUT2D eigenvalue weighted by Crippen LogP contribution is 2.40. The number of fused-ring (bicyclic) bond motifs is 2. The van der Waals surface area contributed by atoms with Gasteiger partial charge in [0.1, 0.15) is 12.4 Å². The van der Waals surface area contributed by atoms with Crippen molar-refractivity contribution in [1.29, 1.82) is 0 Å². The van der Waals surface area contributed by atoms with Gasteiger partial charge in [-0.2, -0.15) is 0 Å².